The first-order valence-electron chi connectivity index (χ1n) is 35.7. The molecule has 16 nitrogen and oxygen atoms in total. The summed E-state index contributed by atoms with van der Waals surface area (Å²) >= 11 is 5.62. The summed E-state index contributed by atoms with van der Waals surface area (Å²) in [6.45, 7) is 21.3. The highest BCUT2D eigenvalue weighted by molar-refractivity contribution is 6.27. The summed E-state index contributed by atoms with van der Waals surface area (Å²) in [5.41, 5.74) is 9.12. The lowest BCUT2D eigenvalue weighted by Crippen LogP contribution is -2.50. The number of aryl methyl sites for hydroxylation is 2. The fourth-order valence-electron chi connectivity index (χ4n) is 13.8. The number of para-hydroxylation sites is 1. The Labute approximate surface area is 597 Å². The number of nitrogens with two attached hydrogens (primary N) is 1. The van der Waals surface area contributed by atoms with E-state index in [0.29, 0.717) is 61.9 Å². The Hall–Kier alpha value is -7.92. The fourth-order valence-corrected chi connectivity index (χ4v) is 13.9. The second-order valence-corrected chi connectivity index (χ2v) is 27.2. The summed E-state index contributed by atoms with van der Waals surface area (Å²) in [5, 5.41) is 8.11. The number of rotatable bonds is 26. The van der Waals surface area contributed by atoms with E-state index in [1.807, 2.05) is 89.8 Å². The number of primary amides is 1. The van der Waals surface area contributed by atoms with Crippen LogP contribution in [0.3, 0.4) is 0 Å². The van der Waals surface area contributed by atoms with Gasteiger partial charge in [0.05, 0.1) is 28.4 Å². The number of anilines is 3. The Morgan fingerprint density at radius 2 is 0.921 bits per heavy atom. The summed E-state index contributed by atoms with van der Waals surface area (Å²) < 4.78 is 84.5. The molecule has 0 bridgehead atoms. The number of likely N-dealkylation sites (tertiary alicyclic amines) is 3. The van der Waals surface area contributed by atoms with E-state index in [4.69, 9.17) is 21.8 Å². The third-order valence-corrected chi connectivity index (χ3v) is 19.7. The molecule has 3 unspecified atom stereocenters. The van der Waals surface area contributed by atoms with E-state index in [1.165, 1.54) is 38.0 Å². The van der Waals surface area contributed by atoms with Gasteiger partial charge in [-0.1, -0.05) is 143 Å². The van der Waals surface area contributed by atoms with Crippen LogP contribution in [0.4, 0.5) is 57.8 Å². The number of nitrogens with zero attached hydrogens (tertiary/aromatic N) is 6. The van der Waals surface area contributed by atoms with Crippen LogP contribution in [-0.2, 0) is 43.2 Å². The predicted octanol–water partition coefficient (Wildman–Crippen LogP) is 17.9. The number of Topliss-reactive ketones (excluding diaryl/α,β-unsaturated/α-hetero) is 1. The molecule has 3 atom stereocenters. The maximum absolute atomic E-state index is 13.5. The number of nitrogens with one attached hydrogen (secondary N) is 3. The van der Waals surface area contributed by atoms with Gasteiger partial charge in [-0.2, -0.15) is 26.3 Å². The molecule has 7 amide bonds. The molecule has 3 aliphatic rings. The van der Waals surface area contributed by atoms with Gasteiger partial charge in [0.1, 0.15) is 11.5 Å². The largest absolute Gasteiger partial charge is 0.455 e. The number of benzene rings is 5. The molecule has 0 spiro atoms. The van der Waals surface area contributed by atoms with Crippen LogP contribution in [0, 0.1) is 6.92 Å². The minimum absolute atomic E-state index is 0.0151. The van der Waals surface area contributed by atoms with Crippen LogP contribution < -0.4 is 21.7 Å². The summed E-state index contributed by atoms with van der Waals surface area (Å²) in [7, 11) is 0. The molecule has 1 aromatic heterocycles. The minimum Gasteiger partial charge on any atom is -0.455 e. The van der Waals surface area contributed by atoms with Crippen LogP contribution in [0.25, 0.3) is 0 Å². The maximum Gasteiger partial charge on any atom is 0.451 e. The van der Waals surface area contributed by atoms with Crippen molar-refractivity contribution < 1.29 is 54.7 Å². The van der Waals surface area contributed by atoms with Crippen LogP contribution >= 0.6 is 11.6 Å². The first kappa shape index (κ1) is 80.4. The number of piperidine rings is 3. The molecule has 101 heavy (non-hydrogen) atoms. The van der Waals surface area contributed by atoms with Gasteiger partial charge in [-0.3, -0.25) is 9.59 Å². The monoisotopic (exact) mass is 1420 g/mol. The number of furan rings is 1. The van der Waals surface area contributed by atoms with Gasteiger partial charge in [0.2, 0.25) is 5.76 Å². The number of hydrogen-bond donors (Lipinski definition) is 4. The molecular weight excluding hydrogens is 1320 g/mol. The zero-order valence-corrected chi connectivity index (χ0v) is 60.3. The predicted molar refractivity (Wildman–Crippen MR) is 389 cm³/mol. The number of amides is 7. The van der Waals surface area contributed by atoms with E-state index in [9.17, 15) is 50.3 Å². The number of alkyl halides is 7. The minimum atomic E-state index is -4.68. The van der Waals surface area contributed by atoms with Crippen LogP contribution in [0.5, 0.6) is 0 Å². The molecule has 5 N–H and O–H groups in total. The lowest BCUT2D eigenvalue weighted by molar-refractivity contribution is -0.152. The van der Waals surface area contributed by atoms with E-state index in [2.05, 4.69) is 72.2 Å². The van der Waals surface area contributed by atoms with Gasteiger partial charge >= 0.3 is 30.4 Å². The first-order valence-corrected chi connectivity index (χ1v) is 36.2. The van der Waals surface area contributed by atoms with Gasteiger partial charge in [0.25, 0.3) is 5.91 Å². The van der Waals surface area contributed by atoms with Crippen molar-refractivity contribution in [3.05, 3.63) is 184 Å². The van der Waals surface area contributed by atoms with E-state index in [0.717, 1.165) is 138 Å². The standard InChI is InChI=1S/C29H37ClF3N3O2.C25H34N4O2.C24H32F3N3O2/c1-3-6-21(2)35-15-13-26(14-16-35)36(20-23-8-4-7-22(17-23)11-12-27(37)19-30)28(38)34-25-10-5-9-24(18-25)29(31,32)33;1-3-9-19(2)28-16-14-21(15-17-28)29(18-20-10-5-4-6-11-20)25(31)27-23-13-8-7-12-22(23)24(26)30;1-4-8-17(2)29-13-11-20(12-14-29)30(16-19-9-6-5-7-10-19)23(31)28-21-15-18(3)32-22(21)24(25,26)27/h4-5,7-10,17-18,21,26H,3,6,11-16,19-20H2,1-2H3,(H,34,38);4-8,10-13,19,21H,3,9,14-18H2,1-2H3,(H2,26,30)(H,27,31);5-7,9-10,15,17,20H,4,8,11-14,16H2,1-3H3,(H,28,31). The molecule has 23 heteroatoms. The van der Waals surface area contributed by atoms with E-state index >= 15 is 0 Å². The van der Waals surface area contributed by atoms with E-state index < -0.39 is 41.6 Å². The average Bonchev–Trinajstić information content (AvgIpc) is 1.79. The number of hydrogen-bond acceptors (Lipinski definition) is 9. The van der Waals surface area contributed by atoms with Crippen molar-refractivity contribution in [1.82, 2.24) is 29.4 Å². The summed E-state index contributed by atoms with van der Waals surface area (Å²) in [6, 6.07) is 40.5. The van der Waals surface area contributed by atoms with Gasteiger partial charge < -0.3 is 55.5 Å². The number of carbonyl (C=O) groups excluding carboxylic acids is 5. The first-order chi connectivity index (χ1) is 48.3. The van der Waals surface area contributed by atoms with Crippen molar-refractivity contribution in [2.75, 3.05) is 61.1 Å². The number of urea groups is 3. The molecule has 3 fully saturated rings. The molecule has 3 saturated heterocycles. The molecule has 6 aromatic rings. The third kappa shape index (κ3) is 24.9. The molecule has 0 radical (unpaired) electrons. The number of ketones is 1. The Morgan fingerprint density at radius 1 is 0.515 bits per heavy atom. The topological polar surface area (TPSA) is 180 Å². The molecule has 4 heterocycles. The zero-order chi connectivity index (χ0) is 73.2. The molecule has 0 saturated carbocycles. The Kier molecular flexibility index (Phi) is 31.4. The number of carbonyl (C=O) groups is 5. The molecule has 550 valence electrons. The van der Waals surface area contributed by atoms with E-state index in [-0.39, 0.29) is 53.0 Å². The van der Waals surface area contributed by atoms with Crippen LogP contribution in [0.1, 0.15) is 175 Å². The second kappa shape index (κ2) is 39.5. The van der Waals surface area contributed by atoms with Crippen LogP contribution in [-0.4, -0.2) is 141 Å². The third-order valence-electron chi connectivity index (χ3n) is 19.4. The van der Waals surface area contributed by atoms with Crippen molar-refractivity contribution >= 4 is 58.4 Å². The maximum atomic E-state index is 13.5. The SMILES string of the molecule is CCCC(C)N1CCC(N(Cc2cccc(CCC(=O)CCl)c2)C(=O)Nc2cccc(C(F)(F)F)c2)CC1.CCCC(C)N1CCC(N(Cc2ccccc2)C(=O)Nc2cc(C)oc2C(F)(F)F)CC1.CCCC(C)N1CCC(N(Cc2ccccc2)C(=O)Nc2ccccc2C(N)=O)CC1. The van der Waals surface area contributed by atoms with Crippen LogP contribution in [0.15, 0.2) is 144 Å². The lowest BCUT2D eigenvalue weighted by Gasteiger charge is -2.40. The highest BCUT2D eigenvalue weighted by Gasteiger charge is 2.40. The quantitative estimate of drug-likeness (QED) is 0.0304. The van der Waals surface area contributed by atoms with Crippen molar-refractivity contribution in [3.8, 4) is 0 Å². The van der Waals surface area contributed by atoms with Crippen molar-refractivity contribution in [1.29, 1.82) is 0 Å². The van der Waals surface area contributed by atoms with E-state index in [1.54, 1.807) is 34.1 Å². The highest BCUT2D eigenvalue weighted by atomic mass is 35.5. The van der Waals surface area contributed by atoms with Gasteiger partial charge in [0.15, 0.2) is 0 Å². The molecule has 5 aromatic carbocycles. The Morgan fingerprint density at radius 3 is 1.36 bits per heavy atom. The van der Waals surface area contributed by atoms with Gasteiger partial charge in [0, 0.05) is 113 Å². The second-order valence-electron chi connectivity index (χ2n) is 26.9. The number of halogens is 7. The lowest BCUT2D eigenvalue weighted by atomic mass is 9.99. The highest BCUT2D eigenvalue weighted by Crippen LogP contribution is 2.38. The normalized spacial score (nSPS) is 16.1. The smallest absolute Gasteiger partial charge is 0.451 e. The molecular formula is C78H103ClF6N10O6. The Bertz CT molecular complexity index is 3540. The Balaban J connectivity index is 0.000000214. The van der Waals surface area contributed by atoms with Gasteiger partial charge in [-0.15, -0.1) is 11.6 Å². The molecule has 3 aliphatic heterocycles. The van der Waals surface area contributed by atoms with Crippen molar-refractivity contribution in [3.63, 3.8) is 0 Å². The summed E-state index contributed by atoms with van der Waals surface area (Å²) in [4.78, 5) is 76.2. The summed E-state index contributed by atoms with van der Waals surface area (Å²) in [6.07, 6.45) is 3.60. The molecule has 0 aliphatic carbocycles. The van der Waals surface area contributed by atoms with Gasteiger partial charge in [-0.05, 0) is 144 Å². The van der Waals surface area contributed by atoms with Gasteiger partial charge in [-0.25, -0.2) is 14.4 Å². The fraction of sp³-hybridized carbons (Fsp3) is 0.500. The zero-order valence-electron chi connectivity index (χ0n) is 59.6. The average molecular weight is 1430 g/mol. The molecule has 9 rings (SSSR count). The van der Waals surface area contributed by atoms with Crippen molar-refractivity contribution in [2.45, 2.75) is 207 Å². The van der Waals surface area contributed by atoms with Crippen LogP contribution in [0.2, 0.25) is 0 Å². The van der Waals surface area contributed by atoms with Crippen molar-refractivity contribution in [2.24, 2.45) is 5.73 Å². The summed E-state index contributed by atoms with van der Waals surface area (Å²) in [5.74, 6) is -1.67.